The first-order valence-corrected chi connectivity index (χ1v) is 8.94. The Morgan fingerprint density at radius 3 is 2.73 bits per heavy atom. The zero-order valence-corrected chi connectivity index (χ0v) is 15.1. The number of hydrogen-bond acceptors (Lipinski definition) is 2. The molecule has 26 heavy (non-hydrogen) atoms. The van der Waals surface area contributed by atoms with Gasteiger partial charge in [0, 0.05) is 31.7 Å². The number of anilines is 1. The van der Waals surface area contributed by atoms with Gasteiger partial charge in [-0.05, 0) is 50.1 Å². The Balaban J connectivity index is 1.58. The number of carbonyl (C=O) groups is 1. The number of nitrogens with zero attached hydrogens (tertiary/aromatic N) is 4. The molecule has 3 aromatic rings. The fraction of sp³-hybridized carbons (Fsp3) is 0.300. The van der Waals surface area contributed by atoms with Crippen LogP contribution in [0.2, 0.25) is 0 Å². The average molecular weight is 349 g/mol. The zero-order valence-electron chi connectivity index (χ0n) is 15.1. The molecular weight excluding hydrogens is 326 g/mol. The van der Waals surface area contributed by atoms with E-state index in [-0.39, 0.29) is 12.1 Å². The molecule has 1 aliphatic rings. The van der Waals surface area contributed by atoms with Gasteiger partial charge in [0.25, 0.3) is 0 Å². The van der Waals surface area contributed by atoms with Crippen LogP contribution in [0, 0.1) is 6.92 Å². The lowest BCUT2D eigenvalue weighted by Crippen LogP contribution is -2.35. The standard InChI is InChI=1S/C20H23N5O/c1-15-11-14-25(22-15)17-8-4-3-7-16(17)21-20(26)24-13-6-10-19(24)18-9-5-12-23(18)2/h3-5,7-9,11-12,14,19H,6,10,13H2,1-2H3,(H,21,26)/t19-/m1/s1. The monoisotopic (exact) mass is 349 g/mol. The fourth-order valence-electron chi connectivity index (χ4n) is 3.65. The van der Waals surface area contributed by atoms with Crippen molar-refractivity contribution in [3.63, 3.8) is 0 Å². The van der Waals surface area contributed by atoms with Crippen molar-refractivity contribution < 1.29 is 4.79 Å². The maximum Gasteiger partial charge on any atom is 0.322 e. The minimum atomic E-state index is -0.0648. The number of hydrogen-bond donors (Lipinski definition) is 1. The molecule has 0 bridgehead atoms. The molecule has 1 aliphatic heterocycles. The molecule has 1 atom stereocenters. The van der Waals surface area contributed by atoms with Crippen molar-refractivity contribution in [2.24, 2.45) is 7.05 Å². The van der Waals surface area contributed by atoms with Crippen LogP contribution in [0.1, 0.15) is 30.3 Å². The van der Waals surface area contributed by atoms with E-state index in [9.17, 15) is 4.79 Å². The van der Waals surface area contributed by atoms with Crippen LogP contribution < -0.4 is 5.32 Å². The van der Waals surface area contributed by atoms with Gasteiger partial charge in [0.15, 0.2) is 0 Å². The molecule has 1 N–H and O–H groups in total. The van der Waals surface area contributed by atoms with Crippen LogP contribution in [0.15, 0.2) is 54.9 Å². The molecule has 3 heterocycles. The van der Waals surface area contributed by atoms with Crippen molar-refractivity contribution in [2.75, 3.05) is 11.9 Å². The van der Waals surface area contributed by atoms with Crippen LogP contribution in [-0.2, 0) is 7.05 Å². The summed E-state index contributed by atoms with van der Waals surface area (Å²) in [5.74, 6) is 0. The Labute approximate surface area is 153 Å². The third-order valence-corrected chi connectivity index (χ3v) is 4.95. The maximum atomic E-state index is 13.0. The lowest BCUT2D eigenvalue weighted by Gasteiger charge is -2.26. The summed E-state index contributed by atoms with van der Waals surface area (Å²) in [6, 6.07) is 13.9. The highest BCUT2D eigenvalue weighted by atomic mass is 16.2. The summed E-state index contributed by atoms with van der Waals surface area (Å²) in [4.78, 5) is 14.9. The molecule has 6 nitrogen and oxygen atoms in total. The van der Waals surface area contributed by atoms with E-state index in [0.29, 0.717) is 0 Å². The third kappa shape index (κ3) is 2.98. The number of nitrogens with one attached hydrogen (secondary N) is 1. The van der Waals surface area contributed by atoms with E-state index in [1.54, 1.807) is 4.68 Å². The first-order valence-electron chi connectivity index (χ1n) is 8.94. The smallest absolute Gasteiger partial charge is 0.322 e. The van der Waals surface area contributed by atoms with Crippen molar-refractivity contribution in [1.82, 2.24) is 19.2 Å². The minimum absolute atomic E-state index is 0.0648. The molecule has 0 radical (unpaired) electrons. The fourth-order valence-corrected chi connectivity index (χ4v) is 3.65. The van der Waals surface area contributed by atoms with E-state index in [2.05, 4.69) is 21.0 Å². The summed E-state index contributed by atoms with van der Waals surface area (Å²) < 4.78 is 3.89. The molecule has 0 unspecified atom stereocenters. The number of amides is 2. The molecule has 0 saturated carbocycles. The van der Waals surface area contributed by atoms with Crippen LogP contribution in [0.4, 0.5) is 10.5 Å². The van der Waals surface area contributed by atoms with Crippen LogP contribution >= 0.6 is 0 Å². The largest absolute Gasteiger partial charge is 0.353 e. The number of aromatic nitrogens is 3. The van der Waals surface area contributed by atoms with Crippen LogP contribution in [0.5, 0.6) is 0 Å². The van der Waals surface area contributed by atoms with Crippen molar-refractivity contribution >= 4 is 11.7 Å². The highest BCUT2D eigenvalue weighted by Gasteiger charge is 2.31. The topological polar surface area (TPSA) is 55.1 Å². The highest BCUT2D eigenvalue weighted by Crippen LogP contribution is 2.32. The molecule has 6 heteroatoms. The summed E-state index contributed by atoms with van der Waals surface area (Å²) in [5, 5.41) is 7.55. The van der Waals surface area contributed by atoms with E-state index in [1.807, 2.05) is 67.7 Å². The molecular formula is C20H23N5O. The van der Waals surface area contributed by atoms with E-state index in [4.69, 9.17) is 0 Å². The maximum absolute atomic E-state index is 13.0. The molecule has 4 rings (SSSR count). The zero-order chi connectivity index (χ0) is 18.1. The third-order valence-electron chi connectivity index (χ3n) is 4.95. The summed E-state index contributed by atoms with van der Waals surface area (Å²) in [6.07, 6.45) is 5.94. The molecule has 0 aliphatic carbocycles. The van der Waals surface area contributed by atoms with Crippen LogP contribution in [0.25, 0.3) is 5.69 Å². The summed E-state index contributed by atoms with van der Waals surface area (Å²) >= 11 is 0. The number of likely N-dealkylation sites (tertiary alicyclic amines) is 1. The highest BCUT2D eigenvalue weighted by molar-refractivity contribution is 5.92. The number of aryl methyl sites for hydroxylation is 2. The van der Waals surface area contributed by atoms with Crippen LogP contribution in [-0.4, -0.2) is 31.8 Å². The van der Waals surface area contributed by atoms with Crippen molar-refractivity contribution in [3.8, 4) is 5.69 Å². The van der Waals surface area contributed by atoms with E-state index >= 15 is 0 Å². The molecule has 2 amide bonds. The number of carbonyl (C=O) groups excluding carboxylic acids is 1. The van der Waals surface area contributed by atoms with Crippen LogP contribution in [0.3, 0.4) is 0 Å². The van der Waals surface area contributed by atoms with E-state index in [0.717, 1.165) is 36.5 Å². The number of urea groups is 1. The van der Waals surface area contributed by atoms with Gasteiger partial charge in [-0.25, -0.2) is 9.48 Å². The van der Waals surface area contributed by atoms with Crippen molar-refractivity contribution in [1.29, 1.82) is 0 Å². The predicted octanol–water partition coefficient (Wildman–Crippen LogP) is 3.89. The van der Waals surface area contributed by atoms with Crippen molar-refractivity contribution in [3.05, 3.63) is 66.2 Å². The van der Waals surface area contributed by atoms with Gasteiger partial charge < -0.3 is 14.8 Å². The van der Waals surface area contributed by atoms with Crippen molar-refractivity contribution in [2.45, 2.75) is 25.8 Å². The van der Waals surface area contributed by atoms with E-state index in [1.165, 1.54) is 5.69 Å². The van der Waals surface area contributed by atoms with Gasteiger partial charge in [-0.3, -0.25) is 0 Å². The Hall–Kier alpha value is -3.02. The molecule has 1 saturated heterocycles. The second-order valence-electron chi connectivity index (χ2n) is 6.74. The van der Waals surface area contributed by atoms with Gasteiger partial charge in [-0.2, -0.15) is 5.10 Å². The SMILES string of the molecule is Cc1ccn(-c2ccccc2NC(=O)N2CCC[C@@H]2c2cccn2C)n1. The molecule has 1 aromatic carbocycles. The van der Waals surface area contributed by atoms with Gasteiger partial charge in [0.1, 0.15) is 0 Å². The van der Waals surface area contributed by atoms with Gasteiger partial charge in [0.05, 0.1) is 23.1 Å². The molecule has 1 fully saturated rings. The second kappa shape index (κ2) is 6.71. The lowest BCUT2D eigenvalue weighted by atomic mass is 10.1. The normalized spacial score (nSPS) is 16.8. The summed E-state index contributed by atoms with van der Waals surface area (Å²) in [5.41, 5.74) is 3.74. The van der Waals surface area contributed by atoms with E-state index < -0.39 is 0 Å². The number of rotatable bonds is 3. The second-order valence-corrected chi connectivity index (χ2v) is 6.74. The number of para-hydroxylation sites is 2. The molecule has 0 spiro atoms. The first kappa shape index (κ1) is 16.4. The van der Waals surface area contributed by atoms with Gasteiger partial charge >= 0.3 is 6.03 Å². The predicted molar refractivity (Wildman–Crippen MR) is 101 cm³/mol. The quantitative estimate of drug-likeness (QED) is 0.780. The van der Waals surface area contributed by atoms with Gasteiger partial charge in [0.2, 0.25) is 0 Å². The average Bonchev–Trinajstić information content (AvgIpc) is 3.35. The summed E-state index contributed by atoms with van der Waals surface area (Å²) in [6.45, 7) is 2.72. The minimum Gasteiger partial charge on any atom is -0.353 e. The molecule has 2 aromatic heterocycles. The molecule has 134 valence electrons. The lowest BCUT2D eigenvalue weighted by molar-refractivity contribution is 0.205. The Morgan fingerprint density at radius 2 is 2.00 bits per heavy atom. The Bertz CT molecular complexity index is 926. The van der Waals surface area contributed by atoms with Gasteiger partial charge in [-0.1, -0.05) is 12.1 Å². The number of benzene rings is 1. The summed E-state index contributed by atoms with van der Waals surface area (Å²) in [7, 11) is 2.03. The van der Waals surface area contributed by atoms with Gasteiger partial charge in [-0.15, -0.1) is 0 Å². The first-order chi connectivity index (χ1) is 12.6. The Morgan fingerprint density at radius 1 is 1.15 bits per heavy atom. The Kier molecular flexibility index (Phi) is 4.24.